The number of halogens is 1. The fourth-order valence-electron chi connectivity index (χ4n) is 1.73. The van der Waals surface area contributed by atoms with E-state index in [1.54, 1.807) is 0 Å². The molecule has 0 aliphatic rings. The minimum Gasteiger partial charge on any atom is -0.346 e. The number of likely N-dealkylation sites (N-methyl/N-ethyl adjacent to an activating group) is 1. The molecule has 5 nitrogen and oxygen atoms in total. The van der Waals surface area contributed by atoms with Crippen molar-refractivity contribution >= 4 is 28.8 Å². The lowest BCUT2D eigenvalue weighted by atomic mass is 10.0. The van der Waals surface area contributed by atoms with E-state index in [-0.39, 0.29) is 16.4 Å². The van der Waals surface area contributed by atoms with Gasteiger partial charge in [-0.1, -0.05) is 25.2 Å². The van der Waals surface area contributed by atoms with Crippen molar-refractivity contribution in [3.05, 3.63) is 9.47 Å². The average Bonchev–Trinajstić information content (AvgIpc) is 2.62. The number of rotatable bonds is 6. The summed E-state index contributed by atoms with van der Waals surface area (Å²) in [5.41, 5.74) is 0. The Morgan fingerprint density at radius 3 is 2.56 bits per heavy atom. The molecule has 102 valence electrons. The molecule has 0 bridgehead atoms. The summed E-state index contributed by atoms with van der Waals surface area (Å²) in [6.07, 6.45) is 0.927. The highest BCUT2D eigenvalue weighted by Crippen LogP contribution is 2.15. The largest absolute Gasteiger partial charge is 0.346 e. The van der Waals surface area contributed by atoms with E-state index < -0.39 is 0 Å². The van der Waals surface area contributed by atoms with Crippen LogP contribution in [-0.2, 0) is 0 Å². The molecular weight excluding hydrogens is 272 g/mol. The highest BCUT2D eigenvalue weighted by molar-refractivity contribution is 7.17. The van der Waals surface area contributed by atoms with Crippen molar-refractivity contribution < 1.29 is 4.79 Å². The molecule has 1 unspecified atom stereocenters. The number of amides is 1. The summed E-state index contributed by atoms with van der Waals surface area (Å²) in [5, 5.41) is 10.7. The molecule has 1 amide bonds. The van der Waals surface area contributed by atoms with Gasteiger partial charge in [-0.2, -0.15) is 0 Å². The molecule has 0 radical (unpaired) electrons. The first-order chi connectivity index (χ1) is 8.38. The summed E-state index contributed by atoms with van der Waals surface area (Å²) in [7, 11) is 3.97. The molecule has 1 N–H and O–H groups in total. The SMILES string of the molecule is CC(C)CC(CN(C)C)NC(=O)c1nnc(Cl)s1. The summed E-state index contributed by atoms with van der Waals surface area (Å²) in [5.74, 6) is 0.320. The van der Waals surface area contributed by atoms with E-state index in [1.807, 2.05) is 14.1 Å². The lowest BCUT2D eigenvalue weighted by Gasteiger charge is -2.23. The molecule has 0 saturated heterocycles. The smallest absolute Gasteiger partial charge is 0.282 e. The molecule has 0 fully saturated rings. The maximum absolute atomic E-state index is 12.0. The zero-order valence-electron chi connectivity index (χ0n) is 11.1. The van der Waals surface area contributed by atoms with Gasteiger partial charge >= 0.3 is 0 Å². The summed E-state index contributed by atoms with van der Waals surface area (Å²) in [6.45, 7) is 5.07. The van der Waals surface area contributed by atoms with Crippen LogP contribution in [0.2, 0.25) is 4.47 Å². The first-order valence-electron chi connectivity index (χ1n) is 5.83. The molecule has 18 heavy (non-hydrogen) atoms. The number of hydrogen-bond donors (Lipinski definition) is 1. The van der Waals surface area contributed by atoms with Crippen LogP contribution in [0.4, 0.5) is 0 Å². The highest BCUT2D eigenvalue weighted by atomic mass is 35.5. The number of carbonyl (C=O) groups excluding carboxylic acids is 1. The molecule has 1 atom stereocenters. The third-order valence-electron chi connectivity index (χ3n) is 2.27. The van der Waals surface area contributed by atoms with E-state index in [2.05, 4.69) is 34.3 Å². The minimum atomic E-state index is -0.202. The molecular formula is C11H19ClN4OS. The maximum atomic E-state index is 12.0. The van der Waals surface area contributed by atoms with Crippen molar-refractivity contribution in [2.75, 3.05) is 20.6 Å². The molecule has 1 aromatic rings. The predicted octanol–water partition coefficient (Wildman–Crippen LogP) is 1.90. The molecule has 7 heteroatoms. The summed E-state index contributed by atoms with van der Waals surface area (Å²) in [4.78, 5) is 14.0. The van der Waals surface area contributed by atoms with Crippen LogP contribution in [0.3, 0.4) is 0 Å². The van der Waals surface area contributed by atoms with E-state index >= 15 is 0 Å². The van der Waals surface area contributed by atoms with Crippen LogP contribution >= 0.6 is 22.9 Å². The number of carbonyl (C=O) groups is 1. The summed E-state index contributed by atoms with van der Waals surface area (Å²) in [6, 6.07) is 0.107. The van der Waals surface area contributed by atoms with E-state index in [0.717, 1.165) is 24.3 Å². The van der Waals surface area contributed by atoms with Gasteiger partial charge in [0.25, 0.3) is 5.91 Å². The molecule has 0 saturated carbocycles. The van der Waals surface area contributed by atoms with Gasteiger partial charge in [0.2, 0.25) is 9.47 Å². The van der Waals surface area contributed by atoms with Gasteiger partial charge in [0, 0.05) is 12.6 Å². The van der Waals surface area contributed by atoms with Crippen molar-refractivity contribution in [3.63, 3.8) is 0 Å². The molecule has 1 rings (SSSR count). The Kier molecular flexibility index (Phi) is 5.98. The van der Waals surface area contributed by atoms with Gasteiger partial charge in [0.15, 0.2) is 0 Å². The van der Waals surface area contributed by atoms with Crippen molar-refractivity contribution in [3.8, 4) is 0 Å². The zero-order chi connectivity index (χ0) is 13.7. The van der Waals surface area contributed by atoms with Gasteiger partial charge in [-0.3, -0.25) is 4.79 Å². The fourth-order valence-corrected chi connectivity index (χ4v) is 2.46. The van der Waals surface area contributed by atoms with Crippen LogP contribution in [0.15, 0.2) is 0 Å². The molecule has 0 aromatic carbocycles. The quantitative estimate of drug-likeness (QED) is 0.869. The third kappa shape index (κ3) is 5.29. The lowest BCUT2D eigenvalue weighted by Crippen LogP contribution is -2.42. The number of nitrogens with zero attached hydrogens (tertiary/aromatic N) is 3. The second kappa shape index (κ2) is 7.01. The van der Waals surface area contributed by atoms with Gasteiger partial charge in [0.05, 0.1) is 0 Å². The highest BCUT2D eigenvalue weighted by Gasteiger charge is 2.18. The van der Waals surface area contributed by atoms with Gasteiger partial charge in [-0.25, -0.2) is 0 Å². The van der Waals surface area contributed by atoms with Crippen molar-refractivity contribution in [1.29, 1.82) is 0 Å². The lowest BCUT2D eigenvalue weighted by molar-refractivity contribution is 0.0923. The Balaban J connectivity index is 2.61. The molecule has 0 spiro atoms. The minimum absolute atomic E-state index is 0.107. The number of hydrogen-bond acceptors (Lipinski definition) is 5. The van der Waals surface area contributed by atoms with E-state index in [1.165, 1.54) is 0 Å². The summed E-state index contributed by atoms with van der Waals surface area (Å²) < 4.78 is 0.285. The van der Waals surface area contributed by atoms with E-state index in [9.17, 15) is 4.79 Å². The predicted molar refractivity (Wildman–Crippen MR) is 74.2 cm³/mol. The van der Waals surface area contributed by atoms with Crippen LogP contribution in [-0.4, -0.2) is 47.7 Å². The van der Waals surface area contributed by atoms with Crippen LogP contribution in [0.25, 0.3) is 0 Å². The molecule has 1 aromatic heterocycles. The van der Waals surface area contributed by atoms with Crippen molar-refractivity contribution in [2.45, 2.75) is 26.3 Å². The Bertz CT molecular complexity index is 384. The second-order valence-electron chi connectivity index (χ2n) is 4.92. The van der Waals surface area contributed by atoms with Gasteiger partial charge in [0.1, 0.15) is 0 Å². The van der Waals surface area contributed by atoms with Gasteiger partial charge in [-0.05, 0) is 38.0 Å². The van der Waals surface area contributed by atoms with Crippen molar-refractivity contribution in [1.82, 2.24) is 20.4 Å². The molecule has 1 heterocycles. The van der Waals surface area contributed by atoms with E-state index in [0.29, 0.717) is 10.9 Å². The topological polar surface area (TPSA) is 58.1 Å². The first kappa shape index (κ1) is 15.3. The standard InChI is InChI=1S/C11H19ClN4OS/c1-7(2)5-8(6-16(3)4)13-9(17)10-14-15-11(12)18-10/h7-8H,5-6H2,1-4H3,(H,13,17). The van der Waals surface area contributed by atoms with Crippen molar-refractivity contribution in [2.24, 2.45) is 5.92 Å². The third-order valence-corrected chi connectivity index (χ3v) is 3.29. The first-order valence-corrected chi connectivity index (χ1v) is 7.02. The van der Waals surface area contributed by atoms with Gasteiger partial charge in [-0.15, -0.1) is 10.2 Å². The van der Waals surface area contributed by atoms with Crippen LogP contribution in [0.1, 0.15) is 30.1 Å². The maximum Gasteiger partial charge on any atom is 0.282 e. The Morgan fingerprint density at radius 1 is 1.44 bits per heavy atom. The van der Waals surface area contributed by atoms with Crippen LogP contribution in [0.5, 0.6) is 0 Å². The summed E-state index contributed by atoms with van der Waals surface area (Å²) >= 11 is 6.76. The molecule has 0 aliphatic heterocycles. The normalized spacial score (nSPS) is 13.1. The van der Waals surface area contributed by atoms with Crippen LogP contribution in [0, 0.1) is 5.92 Å². The van der Waals surface area contributed by atoms with Crippen LogP contribution < -0.4 is 5.32 Å². The number of aromatic nitrogens is 2. The molecule has 0 aliphatic carbocycles. The zero-order valence-corrected chi connectivity index (χ0v) is 12.7. The Hall–Kier alpha value is -0.720. The van der Waals surface area contributed by atoms with Gasteiger partial charge < -0.3 is 10.2 Å². The monoisotopic (exact) mass is 290 g/mol. The Labute approximate surface area is 117 Å². The van der Waals surface area contributed by atoms with E-state index in [4.69, 9.17) is 11.6 Å². The number of nitrogens with one attached hydrogen (secondary N) is 1. The second-order valence-corrected chi connectivity index (χ2v) is 6.48. The Morgan fingerprint density at radius 2 is 2.11 bits per heavy atom. The fraction of sp³-hybridized carbons (Fsp3) is 0.727. The average molecular weight is 291 g/mol.